The van der Waals surface area contributed by atoms with E-state index in [1.54, 1.807) is 0 Å². The molecule has 3 nitrogen and oxygen atoms in total. The van der Waals surface area contributed by atoms with Gasteiger partial charge < -0.3 is 0 Å². The normalized spacial score (nSPS) is 15.1. The number of rotatable bonds is 3. The third-order valence-corrected chi connectivity index (χ3v) is 5.38. The first-order valence-electron chi connectivity index (χ1n) is 6.50. The van der Waals surface area contributed by atoms with Crippen LogP contribution < -0.4 is 4.72 Å². The smallest absolute Gasteiger partial charge is 0.207 e. The molecule has 0 fully saturated rings. The lowest BCUT2D eigenvalue weighted by molar-refractivity contribution is 0.555. The molecule has 1 aliphatic carbocycles. The summed E-state index contributed by atoms with van der Waals surface area (Å²) in [7, 11) is -3.70. The van der Waals surface area contributed by atoms with Crippen molar-refractivity contribution < 1.29 is 12.8 Å². The minimum absolute atomic E-state index is 0.0233. The summed E-state index contributed by atoms with van der Waals surface area (Å²) >= 11 is 5.64. The molecule has 0 unspecified atom stereocenters. The Morgan fingerprint density at radius 3 is 2.29 bits per heavy atom. The third kappa shape index (κ3) is 2.95. The van der Waals surface area contributed by atoms with Gasteiger partial charge in [-0.2, -0.15) is 0 Å². The Hall–Kier alpha value is -1.43. The van der Waals surface area contributed by atoms with E-state index in [4.69, 9.17) is 11.6 Å². The number of hydrogen-bond acceptors (Lipinski definition) is 2. The number of nitrogens with one attached hydrogen (secondary N) is 1. The molecule has 0 bridgehead atoms. The SMILES string of the molecule is O=S(=O)(NC1Cc2ccccc2C1)c1ccc(F)c(Cl)c1. The molecule has 0 aromatic heterocycles. The van der Waals surface area contributed by atoms with E-state index in [-0.39, 0.29) is 16.0 Å². The monoisotopic (exact) mass is 325 g/mol. The van der Waals surface area contributed by atoms with Crippen LogP contribution in [0, 0.1) is 5.82 Å². The predicted octanol–water partition coefficient (Wildman–Crippen LogP) is 2.92. The quantitative estimate of drug-likeness (QED) is 0.943. The van der Waals surface area contributed by atoms with Crippen molar-refractivity contribution in [2.75, 3.05) is 0 Å². The third-order valence-electron chi connectivity index (χ3n) is 3.57. The Labute approximate surface area is 127 Å². The van der Waals surface area contributed by atoms with Crippen LogP contribution in [0.3, 0.4) is 0 Å². The van der Waals surface area contributed by atoms with Crippen molar-refractivity contribution in [3.8, 4) is 0 Å². The van der Waals surface area contributed by atoms with Gasteiger partial charge in [-0.1, -0.05) is 35.9 Å². The Morgan fingerprint density at radius 1 is 1.10 bits per heavy atom. The van der Waals surface area contributed by atoms with E-state index in [0.29, 0.717) is 12.8 Å². The second-order valence-corrected chi connectivity index (χ2v) is 7.19. The van der Waals surface area contributed by atoms with Gasteiger partial charge in [0.25, 0.3) is 0 Å². The van der Waals surface area contributed by atoms with Gasteiger partial charge in [0.05, 0.1) is 9.92 Å². The minimum atomic E-state index is -3.70. The summed E-state index contributed by atoms with van der Waals surface area (Å²) in [6, 6.07) is 11.1. The van der Waals surface area contributed by atoms with Crippen LogP contribution in [0.25, 0.3) is 0 Å². The van der Waals surface area contributed by atoms with Crippen molar-refractivity contribution in [1.29, 1.82) is 0 Å². The van der Waals surface area contributed by atoms with Gasteiger partial charge in [-0.15, -0.1) is 0 Å². The highest BCUT2D eigenvalue weighted by Crippen LogP contribution is 2.24. The second-order valence-electron chi connectivity index (χ2n) is 5.07. The fourth-order valence-electron chi connectivity index (χ4n) is 2.57. The minimum Gasteiger partial charge on any atom is -0.207 e. The molecule has 6 heteroatoms. The van der Waals surface area contributed by atoms with Gasteiger partial charge >= 0.3 is 0 Å². The molecular formula is C15H13ClFNO2S. The molecule has 0 amide bonds. The summed E-state index contributed by atoms with van der Waals surface area (Å²) in [5.41, 5.74) is 2.31. The van der Waals surface area contributed by atoms with Crippen molar-refractivity contribution in [1.82, 2.24) is 4.72 Å². The first-order chi connectivity index (χ1) is 9.95. The zero-order chi connectivity index (χ0) is 15.0. The number of halogens is 2. The molecule has 2 aromatic rings. The van der Waals surface area contributed by atoms with E-state index in [1.807, 2.05) is 24.3 Å². The fourth-order valence-corrected chi connectivity index (χ4v) is 4.08. The van der Waals surface area contributed by atoms with Gasteiger partial charge in [-0.05, 0) is 42.2 Å². The first-order valence-corrected chi connectivity index (χ1v) is 8.36. The largest absolute Gasteiger partial charge is 0.240 e. The molecule has 0 spiro atoms. The average Bonchev–Trinajstić information content (AvgIpc) is 2.82. The summed E-state index contributed by atoms with van der Waals surface area (Å²) in [5, 5.41) is -0.201. The molecular weight excluding hydrogens is 313 g/mol. The van der Waals surface area contributed by atoms with Crippen molar-refractivity contribution in [3.05, 3.63) is 64.4 Å². The molecule has 0 saturated carbocycles. The van der Waals surface area contributed by atoms with Crippen LogP contribution >= 0.6 is 11.6 Å². The van der Waals surface area contributed by atoms with Crippen LogP contribution in [0.4, 0.5) is 4.39 Å². The average molecular weight is 326 g/mol. The van der Waals surface area contributed by atoms with Crippen LogP contribution in [0.5, 0.6) is 0 Å². The number of fused-ring (bicyclic) bond motifs is 1. The molecule has 3 rings (SSSR count). The van der Waals surface area contributed by atoms with E-state index in [9.17, 15) is 12.8 Å². The summed E-state index contributed by atoms with van der Waals surface area (Å²) in [6.45, 7) is 0. The standard InChI is InChI=1S/C15H13ClFNO2S/c16-14-9-13(5-6-15(14)17)21(19,20)18-12-7-10-3-1-2-4-11(10)8-12/h1-6,9,12,18H,7-8H2. The highest BCUT2D eigenvalue weighted by Gasteiger charge is 2.26. The molecule has 21 heavy (non-hydrogen) atoms. The molecule has 0 atom stereocenters. The zero-order valence-corrected chi connectivity index (χ0v) is 12.6. The van der Waals surface area contributed by atoms with Gasteiger partial charge in [0.2, 0.25) is 10.0 Å². The molecule has 2 aromatic carbocycles. The molecule has 110 valence electrons. The Morgan fingerprint density at radius 2 is 1.71 bits per heavy atom. The highest BCUT2D eigenvalue weighted by atomic mass is 35.5. The van der Waals surface area contributed by atoms with Crippen molar-refractivity contribution in [2.45, 2.75) is 23.8 Å². The van der Waals surface area contributed by atoms with Gasteiger partial charge in [-0.3, -0.25) is 0 Å². The number of hydrogen-bond donors (Lipinski definition) is 1. The fraction of sp³-hybridized carbons (Fsp3) is 0.200. The van der Waals surface area contributed by atoms with E-state index >= 15 is 0 Å². The Bertz CT molecular complexity index is 767. The predicted molar refractivity (Wildman–Crippen MR) is 79.4 cm³/mol. The maximum atomic E-state index is 13.1. The molecule has 0 heterocycles. The molecule has 1 N–H and O–H groups in total. The lowest BCUT2D eigenvalue weighted by atomic mass is 10.1. The topological polar surface area (TPSA) is 46.2 Å². The van der Waals surface area contributed by atoms with Crippen LogP contribution in [0.2, 0.25) is 5.02 Å². The summed E-state index contributed by atoms with van der Waals surface area (Å²) in [5.74, 6) is -0.635. The molecule has 0 radical (unpaired) electrons. The lowest BCUT2D eigenvalue weighted by Crippen LogP contribution is -2.35. The molecule has 1 aliphatic rings. The van der Waals surface area contributed by atoms with Crippen LogP contribution in [-0.4, -0.2) is 14.5 Å². The van der Waals surface area contributed by atoms with Gasteiger partial charge in [-0.25, -0.2) is 17.5 Å². The summed E-state index contributed by atoms with van der Waals surface area (Å²) in [6.07, 6.45) is 1.31. The van der Waals surface area contributed by atoms with Crippen molar-refractivity contribution >= 4 is 21.6 Å². The molecule has 0 saturated heterocycles. The summed E-state index contributed by atoms with van der Waals surface area (Å²) < 4.78 is 40.4. The van der Waals surface area contributed by atoms with Crippen molar-refractivity contribution in [3.63, 3.8) is 0 Å². The van der Waals surface area contributed by atoms with E-state index in [1.165, 1.54) is 6.07 Å². The number of sulfonamides is 1. The second kappa shape index (κ2) is 5.40. The van der Waals surface area contributed by atoms with Crippen molar-refractivity contribution in [2.24, 2.45) is 0 Å². The maximum absolute atomic E-state index is 13.1. The van der Waals surface area contributed by atoms with E-state index in [2.05, 4.69) is 4.72 Å². The summed E-state index contributed by atoms with van der Waals surface area (Å²) in [4.78, 5) is -0.0233. The Balaban J connectivity index is 1.80. The zero-order valence-electron chi connectivity index (χ0n) is 11.0. The lowest BCUT2D eigenvalue weighted by Gasteiger charge is -2.13. The first kappa shape index (κ1) is 14.5. The van der Waals surface area contributed by atoms with Crippen LogP contribution in [-0.2, 0) is 22.9 Å². The van der Waals surface area contributed by atoms with Gasteiger partial charge in [0, 0.05) is 6.04 Å². The van der Waals surface area contributed by atoms with E-state index < -0.39 is 15.8 Å². The van der Waals surface area contributed by atoms with Gasteiger partial charge in [0.1, 0.15) is 5.82 Å². The molecule has 0 aliphatic heterocycles. The van der Waals surface area contributed by atoms with Gasteiger partial charge in [0.15, 0.2) is 0 Å². The highest BCUT2D eigenvalue weighted by molar-refractivity contribution is 7.89. The maximum Gasteiger partial charge on any atom is 0.240 e. The van der Waals surface area contributed by atoms with Crippen LogP contribution in [0.15, 0.2) is 47.4 Å². The van der Waals surface area contributed by atoms with Crippen LogP contribution in [0.1, 0.15) is 11.1 Å². The number of benzene rings is 2. The van der Waals surface area contributed by atoms with E-state index in [0.717, 1.165) is 23.3 Å². The Kier molecular flexibility index (Phi) is 3.73.